The zero-order chi connectivity index (χ0) is 20.9. The van der Waals surface area contributed by atoms with Crippen LogP contribution >= 0.6 is 11.3 Å². The predicted octanol–water partition coefficient (Wildman–Crippen LogP) is 4.88. The van der Waals surface area contributed by atoms with Gasteiger partial charge in [-0.05, 0) is 36.7 Å². The van der Waals surface area contributed by atoms with Gasteiger partial charge in [0.15, 0.2) is 5.76 Å². The van der Waals surface area contributed by atoms with E-state index in [1.807, 2.05) is 0 Å². The van der Waals surface area contributed by atoms with Crippen molar-refractivity contribution in [3.63, 3.8) is 0 Å². The molecule has 1 aliphatic heterocycles. The van der Waals surface area contributed by atoms with Crippen LogP contribution in [0.2, 0.25) is 0 Å². The van der Waals surface area contributed by atoms with Gasteiger partial charge < -0.3 is 14.6 Å². The van der Waals surface area contributed by atoms with Crippen LogP contribution in [-0.2, 0) is 6.42 Å². The molecule has 0 aliphatic carbocycles. The molecule has 0 spiro atoms. The lowest BCUT2D eigenvalue weighted by Crippen LogP contribution is -2.47. The average molecular weight is 424 g/mol. The lowest BCUT2D eigenvalue weighted by molar-refractivity contribution is 0.0995. The van der Waals surface area contributed by atoms with E-state index in [1.165, 1.54) is 22.3 Å². The van der Waals surface area contributed by atoms with Crippen LogP contribution in [0.1, 0.15) is 46.4 Å². The maximum Gasteiger partial charge on any atom is 0.291 e. The van der Waals surface area contributed by atoms with Crippen molar-refractivity contribution in [2.45, 2.75) is 26.3 Å². The second-order valence-electron chi connectivity index (χ2n) is 7.57. The normalized spacial score (nSPS) is 16.5. The van der Waals surface area contributed by atoms with Crippen LogP contribution in [0, 0.1) is 0 Å². The number of hydrogen-bond donors (Lipinski definition) is 1. The lowest BCUT2D eigenvalue weighted by Gasteiger charge is -2.39. The van der Waals surface area contributed by atoms with E-state index < -0.39 is 0 Å². The van der Waals surface area contributed by atoms with Gasteiger partial charge in [0.25, 0.3) is 5.91 Å². The van der Waals surface area contributed by atoms with Gasteiger partial charge in [0, 0.05) is 36.6 Å². The highest BCUT2D eigenvalue weighted by atomic mass is 32.1. The van der Waals surface area contributed by atoms with E-state index in [2.05, 4.69) is 65.4 Å². The Morgan fingerprint density at radius 1 is 1.10 bits per heavy atom. The molecule has 0 saturated carbocycles. The minimum Gasteiger partial charge on any atom is -0.459 e. The van der Waals surface area contributed by atoms with E-state index in [4.69, 9.17) is 4.42 Å². The Balaban J connectivity index is 1.69. The molecule has 1 atom stereocenters. The molecule has 3 heterocycles. The first-order valence-electron chi connectivity index (χ1n) is 10.7. The number of amides is 1. The van der Waals surface area contributed by atoms with Crippen LogP contribution in [0.3, 0.4) is 0 Å². The van der Waals surface area contributed by atoms with Gasteiger partial charge >= 0.3 is 0 Å². The molecular weight excluding hydrogens is 394 g/mol. The van der Waals surface area contributed by atoms with Gasteiger partial charge in [0.2, 0.25) is 0 Å². The molecule has 0 bridgehead atoms. The number of benzene rings is 1. The predicted molar refractivity (Wildman–Crippen MR) is 122 cm³/mol. The number of carbonyl (C=O) groups is 1. The Hall–Kier alpha value is -2.41. The van der Waals surface area contributed by atoms with Gasteiger partial charge in [0.05, 0.1) is 12.3 Å². The number of thiophene rings is 1. The van der Waals surface area contributed by atoms with Gasteiger partial charge in [-0.1, -0.05) is 44.2 Å². The molecule has 30 heavy (non-hydrogen) atoms. The Morgan fingerprint density at radius 2 is 1.87 bits per heavy atom. The number of likely N-dealkylation sites (N-methyl/N-ethyl adjacent to an activating group) is 1. The van der Waals surface area contributed by atoms with Crippen molar-refractivity contribution in [1.82, 2.24) is 9.80 Å². The van der Waals surface area contributed by atoms with Crippen molar-refractivity contribution in [3.05, 3.63) is 76.6 Å². The summed E-state index contributed by atoms with van der Waals surface area (Å²) in [5.74, 6) is 0.133. The van der Waals surface area contributed by atoms with Crippen LogP contribution in [0.4, 0.5) is 5.00 Å². The zero-order valence-electron chi connectivity index (χ0n) is 17.6. The maximum atomic E-state index is 12.7. The van der Waals surface area contributed by atoms with E-state index in [0.717, 1.165) is 44.1 Å². The second-order valence-corrected chi connectivity index (χ2v) is 8.70. The number of carbonyl (C=O) groups excluding carboxylic acids is 1. The number of nitrogens with zero attached hydrogens (tertiary/aromatic N) is 2. The SMILES string of the molecule is CCc1cc([C@H](c2ccccc2)N2CCN(CC)CC2)c(NC(=O)c2ccco2)s1. The molecule has 3 aromatic rings. The number of furan rings is 1. The summed E-state index contributed by atoms with van der Waals surface area (Å²) in [5.41, 5.74) is 2.43. The first-order valence-corrected chi connectivity index (χ1v) is 11.5. The Kier molecular flexibility index (Phi) is 6.67. The fraction of sp³-hybridized carbons (Fsp3) is 0.375. The van der Waals surface area contributed by atoms with E-state index in [1.54, 1.807) is 23.5 Å². The van der Waals surface area contributed by atoms with E-state index in [0.29, 0.717) is 5.76 Å². The number of hydrogen-bond acceptors (Lipinski definition) is 5. The fourth-order valence-electron chi connectivity index (χ4n) is 4.07. The number of nitrogens with one attached hydrogen (secondary N) is 1. The number of rotatable bonds is 7. The molecule has 5 nitrogen and oxygen atoms in total. The summed E-state index contributed by atoms with van der Waals surface area (Å²) in [6.45, 7) is 9.63. The smallest absolute Gasteiger partial charge is 0.291 e. The molecule has 4 rings (SSSR count). The summed E-state index contributed by atoms with van der Waals surface area (Å²) in [6, 6.07) is 16.5. The van der Waals surface area contributed by atoms with Gasteiger partial charge in [-0.25, -0.2) is 0 Å². The molecular formula is C24H29N3O2S. The lowest BCUT2D eigenvalue weighted by atomic mass is 9.97. The average Bonchev–Trinajstić information content (AvgIpc) is 3.46. The standard InChI is InChI=1S/C24H29N3O2S/c1-3-19-17-20(24(30-19)25-23(28)21-11-8-16-29-21)22(18-9-6-5-7-10-18)27-14-12-26(4-2)13-15-27/h5-11,16-17,22H,3-4,12-15H2,1-2H3,(H,25,28)/t22-/m0/s1. The van der Waals surface area contributed by atoms with Crippen molar-refractivity contribution in [1.29, 1.82) is 0 Å². The van der Waals surface area contributed by atoms with Crippen molar-refractivity contribution in [2.24, 2.45) is 0 Å². The van der Waals surface area contributed by atoms with Crippen molar-refractivity contribution >= 4 is 22.2 Å². The minimum atomic E-state index is -0.201. The Labute approximate surface area is 182 Å². The van der Waals surface area contributed by atoms with Crippen LogP contribution in [0.5, 0.6) is 0 Å². The first-order chi connectivity index (χ1) is 14.7. The summed E-state index contributed by atoms with van der Waals surface area (Å²) in [4.78, 5) is 19.0. The molecule has 1 aliphatic rings. The van der Waals surface area contributed by atoms with Gasteiger partial charge in [-0.15, -0.1) is 11.3 Å². The van der Waals surface area contributed by atoms with Crippen LogP contribution in [-0.4, -0.2) is 48.4 Å². The third-order valence-corrected chi connectivity index (χ3v) is 6.97. The molecule has 6 heteroatoms. The number of anilines is 1. The molecule has 1 saturated heterocycles. The van der Waals surface area contributed by atoms with E-state index in [9.17, 15) is 4.79 Å². The van der Waals surface area contributed by atoms with E-state index >= 15 is 0 Å². The maximum absolute atomic E-state index is 12.7. The van der Waals surface area contributed by atoms with Crippen molar-refractivity contribution < 1.29 is 9.21 Å². The molecule has 1 aromatic carbocycles. The summed E-state index contributed by atoms with van der Waals surface area (Å²) >= 11 is 1.67. The summed E-state index contributed by atoms with van der Waals surface area (Å²) in [5, 5.41) is 4.04. The fourth-order valence-corrected chi connectivity index (χ4v) is 5.09. The van der Waals surface area contributed by atoms with Gasteiger partial charge in [-0.2, -0.15) is 0 Å². The third-order valence-electron chi connectivity index (χ3n) is 5.76. The molecule has 158 valence electrons. The van der Waals surface area contributed by atoms with Crippen LogP contribution in [0.15, 0.2) is 59.2 Å². The van der Waals surface area contributed by atoms with E-state index in [-0.39, 0.29) is 11.9 Å². The highest BCUT2D eigenvalue weighted by Gasteiger charge is 2.29. The van der Waals surface area contributed by atoms with Gasteiger partial charge in [-0.3, -0.25) is 9.69 Å². The topological polar surface area (TPSA) is 48.7 Å². The molecule has 2 aromatic heterocycles. The quantitative estimate of drug-likeness (QED) is 0.588. The minimum absolute atomic E-state index is 0.119. The molecule has 1 N–H and O–H groups in total. The monoisotopic (exact) mass is 423 g/mol. The van der Waals surface area contributed by atoms with Crippen LogP contribution < -0.4 is 5.32 Å². The summed E-state index contributed by atoms with van der Waals surface area (Å²) < 4.78 is 5.30. The zero-order valence-corrected chi connectivity index (χ0v) is 18.5. The second kappa shape index (κ2) is 9.60. The first kappa shape index (κ1) is 20.8. The largest absolute Gasteiger partial charge is 0.459 e. The number of aryl methyl sites for hydroxylation is 1. The van der Waals surface area contributed by atoms with Crippen molar-refractivity contribution in [3.8, 4) is 0 Å². The Bertz CT molecular complexity index is 944. The third kappa shape index (κ3) is 4.51. The molecule has 1 fully saturated rings. The summed E-state index contributed by atoms with van der Waals surface area (Å²) in [6.07, 6.45) is 2.47. The Morgan fingerprint density at radius 3 is 2.50 bits per heavy atom. The highest BCUT2D eigenvalue weighted by molar-refractivity contribution is 7.16. The van der Waals surface area contributed by atoms with Gasteiger partial charge in [0.1, 0.15) is 5.00 Å². The summed E-state index contributed by atoms with van der Waals surface area (Å²) in [7, 11) is 0. The van der Waals surface area contributed by atoms with Crippen molar-refractivity contribution in [2.75, 3.05) is 38.0 Å². The molecule has 0 radical (unpaired) electrons. The molecule has 0 unspecified atom stereocenters. The van der Waals surface area contributed by atoms with Crippen LogP contribution in [0.25, 0.3) is 0 Å². The number of piperazine rings is 1. The molecule has 1 amide bonds. The highest BCUT2D eigenvalue weighted by Crippen LogP contribution is 2.40.